The summed E-state index contributed by atoms with van der Waals surface area (Å²) in [6.07, 6.45) is 0. The molecular formula is C15H16N2O5S. The van der Waals surface area contributed by atoms with Crippen LogP contribution in [0.15, 0.2) is 42.5 Å². The zero-order chi connectivity index (χ0) is 17.0. The van der Waals surface area contributed by atoms with Gasteiger partial charge in [0.2, 0.25) is 21.4 Å². The zero-order valence-corrected chi connectivity index (χ0v) is 13.7. The van der Waals surface area contributed by atoms with Crippen molar-refractivity contribution in [1.29, 1.82) is 0 Å². The van der Waals surface area contributed by atoms with Gasteiger partial charge in [-0.15, -0.1) is 0 Å². The summed E-state index contributed by atoms with van der Waals surface area (Å²) in [5.41, 5.74) is 4.18. The Bertz CT molecular complexity index is 941. The molecule has 0 spiro atoms. The van der Waals surface area contributed by atoms with Gasteiger partial charge in [0.1, 0.15) is 23.8 Å². The molecule has 1 aromatic heterocycles. The lowest BCUT2D eigenvalue weighted by atomic mass is 10.2. The summed E-state index contributed by atoms with van der Waals surface area (Å²) in [5.74, 6) is 0.852. The number of ether oxygens (including phenoxy) is 1. The average molecular weight is 336 g/mol. The maximum absolute atomic E-state index is 9.22. The monoisotopic (exact) mass is 336 g/mol. The van der Waals surface area contributed by atoms with Crippen LogP contribution in [0, 0.1) is 0 Å². The fourth-order valence-corrected chi connectivity index (χ4v) is 2.10. The quantitative estimate of drug-likeness (QED) is 0.303. The summed E-state index contributed by atoms with van der Waals surface area (Å²) in [5, 5.41) is 0. The van der Waals surface area contributed by atoms with Gasteiger partial charge in [-0.3, -0.25) is 4.18 Å². The third kappa shape index (κ3) is 4.13. The highest BCUT2D eigenvalue weighted by atomic mass is 32.3. The Balaban J connectivity index is 0.000000277. The molecule has 0 atom stereocenters. The number of nitrogens with zero attached hydrogens (tertiary/aromatic N) is 2. The molecule has 0 radical (unpaired) electrons. The van der Waals surface area contributed by atoms with Crippen LogP contribution in [-0.4, -0.2) is 32.2 Å². The van der Waals surface area contributed by atoms with E-state index in [0.29, 0.717) is 0 Å². The summed E-state index contributed by atoms with van der Waals surface area (Å²) in [4.78, 5) is 4.64. The first-order chi connectivity index (χ1) is 10.9. The number of methoxy groups -OCH3 is 1. The van der Waals surface area contributed by atoms with E-state index >= 15 is 0 Å². The van der Waals surface area contributed by atoms with Crippen molar-refractivity contribution >= 4 is 32.5 Å². The smallest absolute Gasteiger partial charge is 0.235 e. The molecule has 1 heterocycles. The number of benzene rings is 2. The van der Waals surface area contributed by atoms with Crippen LogP contribution in [0.2, 0.25) is 0 Å². The minimum Gasteiger partial charge on any atom is -0.726 e. The van der Waals surface area contributed by atoms with E-state index in [1.807, 2.05) is 43.4 Å². The van der Waals surface area contributed by atoms with E-state index < -0.39 is 10.4 Å². The number of fused-ring (bicyclic) bond motifs is 2. The van der Waals surface area contributed by atoms with Crippen molar-refractivity contribution in [3.63, 3.8) is 0 Å². The summed E-state index contributed by atoms with van der Waals surface area (Å²) >= 11 is 0. The third-order valence-corrected chi connectivity index (χ3v) is 3.64. The highest BCUT2D eigenvalue weighted by Gasteiger charge is 2.12. The van der Waals surface area contributed by atoms with Crippen LogP contribution in [0.3, 0.4) is 0 Å². The summed E-state index contributed by atoms with van der Waals surface area (Å²) in [6.45, 7) is 0. The molecule has 0 saturated heterocycles. The van der Waals surface area contributed by atoms with Gasteiger partial charge in [-0.05, 0) is 18.2 Å². The molecule has 0 N–H and O–H groups in total. The number of rotatable bonds is 2. The lowest BCUT2D eigenvalue weighted by molar-refractivity contribution is -0.618. The second kappa shape index (κ2) is 6.86. The van der Waals surface area contributed by atoms with E-state index in [4.69, 9.17) is 4.74 Å². The standard InChI is InChI=1S/C14H13N2O.CH4O4S/c1-16-13-6-4-3-5-11(13)15-12-8-7-10(17-2)9-14(12)16;1-5-6(2,3)4/h3-9H,1-2H3;1H3,(H,2,3,4)/q+1;/p-1. The topological polar surface area (TPSA) is 92.4 Å². The fourth-order valence-electron chi connectivity index (χ4n) is 2.10. The molecule has 8 heteroatoms. The first-order valence-corrected chi connectivity index (χ1v) is 7.93. The predicted octanol–water partition coefficient (Wildman–Crippen LogP) is 1.31. The zero-order valence-electron chi connectivity index (χ0n) is 12.9. The molecular weight excluding hydrogens is 320 g/mol. The molecule has 2 aromatic carbocycles. The van der Waals surface area contributed by atoms with Gasteiger partial charge in [0.15, 0.2) is 0 Å². The van der Waals surface area contributed by atoms with Gasteiger partial charge in [-0.25, -0.2) is 13.4 Å². The van der Waals surface area contributed by atoms with Crippen molar-refractivity contribution in [3.05, 3.63) is 42.5 Å². The molecule has 0 fully saturated rings. The van der Waals surface area contributed by atoms with Crippen LogP contribution >= 0.6 is 0 Å². The van der Waals surface area contributed by atoms with Gasteiger partial charge in [0.25, 0.3) is 0 Å². The summed E-state index contributed by atoms with van der Waals surface area (Å²) < 4.78 is 38.4. The van der Waals surface area contributed by atoms with E-state index in [-0.39, 0.29) is 0 Å². The van der Waals surface area contributed by atoms with Crippen molar-refractivity contribution in [2.75, 3.05) is 14.2 Å². The molecule has 0 amide bonds. The summed E-state index contributed by atoms with van der Waals surface area (Å²) in [6, 6.07) is 14.1. The Morgan fingerprint density at radius 1 is 1.04 bits per heavy atom. The van der Waals surface area contributed by atoms with E-state index in [1.165, 1.54) is 0 Å². The molecule has 7 nitrogen and oxygen atoms in total. The van der Waals surface area contributed by atoms with Crippen LogP contribution in [0.1, 0.15) is 0 Å². The molecule has 0 aliphatic rings. The van der Waals surface area contributed by atoms with Crippen LogP contribution in [0.4, 0.5) is 0 Å². The largest absolute Gasteiger partial charge is 0.726 e. The lowest BCUT2D eigenvalue weighted by Crippen LogP contribution is -2.30. The molecule has 0 bridgehead atoms. The van der Waals surface area contributed by atoms with Crippen molar-refractivity contribution in [2.24, 2.45) is 7.05 Å². The van der Waals surface area contributed by atoms with Crippen molar-refractivity contribution in [2.45, 2.75) is 0 Å². The Kier molecular flexibility index (Phi) is 5.09. The second-order valence-electron chi connectivity index (χ2n) is 4.59. The van der Waals surface area contributed by atoms with Crippen molar-refractivity contribution in [1.82, 2.24) is 4.98 Å². The first-order valence-electron chi connectivity index (χ1n) is 6.59. The van der Waals surface area contributed by atoms with E-state index in [9.17, 15) is 13.0 Å². The van der Waals surface area contributed by atoms with Crippen LogP contribution in [-0.2, 0) is 21.6 Å². The van der Waals surface area contributed by atoms with Gasteiger partial charge in [-0.1, -0.05) is 12.1 Å². The maximum atomic E-state index is 9.22. The minimum absolute atomic E-state index is 0.808. The molecule has 0 aliphatic carbocycles. The van der Waals surface area contributed by atoms with Crippen LogP contribution < -0.4 is 9.30 Å². The van der Waals surface area contributed by atoms with Gasteiger partial charge in [-0.2, -0.15) is 4.57 Å². The SMILES string of the molecule is COS(=O)(=O)[O-].COc1ccc2nc3ccccc3[n+](C)c2c1. The molecule has 0 unspecified atom stereocenters. The molecule has 0 saturated carbocycles. The molecule has 122 valence electrons. The van der Waals surface area contributed by atoms with Crippen LogP contribution in [0.5, 0.6) is 5.75 Å². The van der Waals surface area contributed by atoms with E-state index in [2.05, 4.69) is 19.8 Å². The number of hydrogen-bond donors (Lipinski definition) is 0. The average Bonchev–Trinajstić information content (AvgIpc) is 2.55. The Labute approximate surface area is 134 Å². The van der Waals surface area contributed by atoms with E-state index in [0.717, 1.165) is 34.9 Å². The first kappa shape index (κ1) is 17.1. The highest BCUT2D eigenvalue weighted by Crippen LogP contribution is 2.18. The Morgan fingerprint density at radius 2 is 1.65 bits per heavy atom. The number of aromatic nitrogens is 2. The lowest BCUT2D eigenvalue weighted by Gasteiger charge is -2.03. The molecule has 3 rings (SSSR count). The fraction of sp³-hybridized carbons (Fsp3) is 0.200. The molecule has 3 aromatic rings. The van der Waals surface area contributed by atoms with Gasteiger partial charge in [0.05, 0.1) is 20.3 Å². The molecule has 0 aliphatic heterocycles. The second-order valence-corrected chi connectivity index (χ2v) is 5.74. The van der Waals surface area contributed by atoms with Crippen molar-refractivity contribution < 1.29 is 26.5 Å². The third-order valence-electron chi connectivity index (χ3n) is 3.23. The number of hydrogen-bond acceptors (Lipinski definition) is 6. The Hall–Kier alpha value is -2.29. The van der Waals surface area contributed by atoms with E-state index in [1.54, 1.807) is 7.11 Å². The highest BCUT2D eigenvalue weighted by molar-refractivity contribution is 7.80. The normalized spacial score (nSPS) is 11.1. The predicted molar refractivity (Wildman–Crippen MR) is 83.7 cm³/mol. The van der Waals surface area contributed by atoms with Gasteiger partial charge >= 0.3 is 0 Å². The van der Waals surface area contributed by atoms with Crippen LogP contribution in [0.25, 0.3) is 22.1 Å². The maximum Gasteiger partial charge on any atom is 0.235 e. The minimum atomic E-state index is -4.41. The van der Waals surface area contributed by atoms with Crippen molar-refractivity contribution in [3.8, 4) is 5.75 Å². The molecule has 23 heavy (non-hydrogen) atoms. The van der Waals surface area contributed by atoms with Gasteiger partial charge < -0.3 is 9.29 Å². The van der Waals surface area contributed by atoms with Gasteiger partial charge in [0, 0.05) is 6.07 Å². The number of aryl methyl sites for hydroxylation is 1. The Morgan fingerprint density at radius 3 is 2.26 bits per heavy atom. The summed E-state index contributed by atoms with van der Waals surface area (Å²) in [7, 11) is 0.119. The number of para-hydroxylation sites is 2.